The number of anilines is 3. The van der Waals surface area contributed by atoms with E-state index in [9.17, 15) is 0 Å². The van der Waals surface area contributed by atoms with Crippen molar-refractivity contribution in [3.63, 3.8) is 0 Å². The van der Waals surface area contributed by atoms with Crippen molar-refractivity contribution in [1.82, 2.24) is 10.6 Å². The maximum absolute atomic E-state index is 5.21. The van der Waals surface area contributed by atoms with Crippen LogP contribution in [0.4, 0.5) is 17.1 Å². The molecule has 1 aliphatic carbocycles. The van der Waals surface area contributed by atoms with Gasteiger partial charge in [-0.3, -0.25) is 5.32 Å². The molecular weight excluding hydrogens is 753 g/mol. The van der Waals surface area contributed by atoms with Crippen LogP contribution >= 0.6 is 0 Å². The smallest absolute Gasteiger partial charge is 0.131 e. The lowest BCUT2D eigenvalue weighted by molar-refractivity contribution is 0.409. The first-order valence-electron chi connectivity index (χ1n) is 21.4. The molecule has 4 heteroatoms. The van der Waals surface area contributed by atoms with E-state index in [4.69, 9.17) is 4.99 Å². The van der Waals surface area contributed by atoms with E-state index in [0.717, 1.165) is 33.8 Å². The summed E-state index contributed by atoms with van der Waals surface area (Å²) < 4.78 is 0. The van der Waals surface area contributed by atoms with Gasteiger partial charge in [-0.2, -0.15) is 0 Å². The third kappa shape index (κ3) is 5.76. The molecule has 2 aliphatic heterocycles. The van der Waals surface area contributed by atoms with E-state index in [1.165, 1.54) is 61.4 Å². The Labute approximate surface area is 362 Å². The van der Waals surface area contributed by atoms with Crippen LogP contribution in [0.15, 0.2) is 236 Å². The number of amidine groups is 1. The lowest BCUT2D eigenvalue weighted by Crippen LogP contribution is -2.44. The number of hydrogen-bond acceptors (Lipinski definition) is 4. The molecule has 2 atom stereocenters. The van der Waals surface area contributed by atoms with Gasteiger partial charge in [0.05, 0.1) is 16.8 Å². The van der Waals surface area contributed by atoms with E-state index < -0.39 is 5.41 Å². The van der Waals surface area contributed by atoms with E-state index in [0.29, 0.717) is 0 Å². The second-order valence-corrected chi connectivity index (χ2v) is 16.4. The lowest BCUT2D eigenvalue weighted by atomic mass is 9.64. The Hall–Kier alpha value is -7.79. The Morgan fingerprint density at radius 2 is 0.903 bits per heavy atom. The topological polar surface area (TPSA) is 39.7 Å². The summed E-state index contributed by atoms with van der Waals surface area (Å²) in [5.41, 5.74) is 18.9. The largest absolute Gasteiger partial charge is 0.350 e. The van der Waals surface area contributed by atoms with Gasteiger partial charge >= 0.3 is 0 Å². The Morgan fingerprint density at radius 1 is 0.387 bits per heavy atom. The van der Waals surface area contributed by atoms with E-state index in [-0.39, 0.29) is 12.3 Å². The van der Waals surface area contributed by atoms with Crippen molar-refractivity contribution >= 4 is 22.9 Å². The minimum absolute atomic E-state index is 0.0885. The van der Waals surface area contributed by atoms with Gasteiger partial charge in [0, 0.05) is 11.3 Å². The zero-order valence-corrected chi connectivity index (χ0v) is 34.0. The number of benzene rings is 9. The minimum atomic E-state index is -0.494. The molecule has 9 aromatic carbocycles. The number of rotatable bonds is 6. The van der Waals surface area contributed by atoms with E-state index in [1.807, 2.05) is 6.07 Å². The lowest BCUT2D eigenvalue weighted by Gasteiger charge is -2.45. The van der Waals surface area contributed by atoms with Gasteiger partial charge in [-0.15, -0.1) is 0 Å². The summed E-state index contributed by atoms with van der Waals surface area (Å²) in [4.78, 5) is 7.64. The molecule has 0 bridgehead atoms. The van der Waals surface area contributed by atoms with Crippen molar-refractivity contribution in [2.75, 3.05) is 4.90 Å². The zero-order chi connectivity index (χ0) is 41.0. The average molecular weight is 795 g/mol. The summed E-state index contributed by atoms with van der Waals surface area (Å²) in [6, 6.07) is 83.7. The molecule has 0 aromatic heterocycles. The summed E-state index contributed by atoms with van der Waals surface area (Å²) in [5, 5.41) is 7.42. The van der Waals surface area contributed by atoms with Gasteiger partial charge in [-0.1, -0.05) is 194 Å². The van der Waals surface area contributed by atoms with Crippen LogP contribution in [0.3, 0.4) is 0 Å². The number of para-hydroxylation sites is 3. The number of hydrogen-bond donors (Lipinski definition) is 2. The van der Waals surface area contributed by atoms with E-state index in [2.05, 4.69) is 240 Å². The fourth-order valence-corrected chi connectivity index (χ4v) is 10.2. The second-order valence-electron chi connectivity index (χ2n) is 16.4. The maximum Gasteiger partial charge on any atom is 0.131 e. The average Bonchev–Trinajstić information content (AvgIpc) is 3.65. The monoisotopic (exact) mass is 794 g/mol. The van der Waals surface area contributed by atoms with Crippen LogP contribution < -0.4 is 15.5 Å². The molecule has 62 heavy (non-hydrogen) atoms. The first kappa shape index (κ1) is 36.1. The SMILES string of the molecule is c1ccc(C2=NC(c3cccc(-c4ccc(-c5ccc6c(c5)C5(c7ccccc7-6)c6ccccc6N(c6ccccc6)c6ccccc65)cc4)c3)NC(c3ccccc3)N2)cc1. The Bertz CT molecular complexity index is 3090. The van der Waals surface area contributed by atoms with Crippen molar-refractivity contribution in [2.24, 2.45) is 4.99 Å². The second kappa shape index (κ2) is 14.7. The summed E-state index contributed by atoms with van der Waals surface area (Å²) in [6.07, 6.45) is -0.317. The van der Waals surface area contributed by atoms with Crippen molar-refractivity contribution in [1.29, 1.82) is 0 Å². The van der Waals surface area contributed by atoms with Crippen LogP contribution in [-0.4, -0.2) is 5.84 Å². The highest BCUT2D eigenvalue weighted by Gasteiger charge is 2.51. The Morgan fingerprint density at radius 3 is 1.60 bits per heavy atom. The number of fused-ring (bicyclic) bond motifs is 9. The molecule has 0 amide bonds. The zero-order valence-electron chi connectivity index (χ0n) is 34.0. The van der Waals surface area contributed by atoms with Crippen LogP contribution in [0.1, 0.15) is 51.3 Å². The van der Waals surface area contributed by atoms with Crippen LogP contribution in [-0.2, 0) is 5.41 Å². The van der Waals surface area contributed by atoms with Crippen molar-refractivity contribution in [3.05, 3.63) is 269 Å². The summed E-state index contributed by atoms with van der Waals surface area (Å²) in [7, 11) is 0. The molecule has 0 saturated heterocycles. The fourth-order valence-electron chi connectivity index (χ4n) is 10.2. The molecule has 12 rings (SSSR count). The molecule has 2 heterocycles. The third-order valence-corrected chi connectivity index (χ3v) is 13.0. The van der Waals surface area contributed by atoms with Gasteiger partial charge in [0.25, 0.3) is 0 Å². The van der Waals surface area contributed by atoms with Crippen LogP contribution in [0.5, 0.6) is 0 Å². The molecule has 4 nitrogen and oxygen atoms in total. The third-order valence-electron chi connectivity index (χ3n) is 13.0. The van der Waals surface area contributed by atoms with E-state index in [1.54, 1.807) is 0 Å². The molecule has 2 N–H and O–H groups in total. The molecule has 0 radical (unpaired) electrons. The Balaban J connectivity index is 0.928. The molecule has 0 saturated carbocycles. The summed E-state index contributed by atoms with van der Waals surface area (Å²) in [5.74, 6) is 0.880. The van der Waals surface area contributed by atoms with Gasteiger partial charge in [0.15, 0.2) is 0 Å². The standard InChI is InChI=1S/C58H42N4/c1-4-17-41(18-5-1)55-59-56(42-19-6-2-7-20-42)61-57(60-55)45-22-16-21-43(37-45)39-31-33-40(34-32-39)44-35-36-48-47-25-10-11-26-49(47)58(52(48)38-44)50-27-12-14-29-53(50)62(46-23-8-3-9-24-46)54-30-15-13-28-51(54)58/h1-38,55,57,60H,(H,59,61). The molecule has 2 unspecified atom stereocenters. The molecule has 9 aromatic rings. The van der Waals surface area contributed by atoms with Crippen molar-refractivity contribution in [2.45, 2.75) is 17.7 Å². The van der Waals surface area contributed by atoms with Crippen LogP contribution in [0.2, 0.25) is 0 Å². The number of aliphatic imine (C=N–C) groups is 1. The molecule has 3 aliphatic rings. The van der Waals surface area contributed by atoms with Gasteiger partial charge in [-0.25, -0.2) is 4.99 Å². The van der Waals surface area contributed by atoms with Crippen molar-refractivity contribution in [3.8, 4) is 33.4 Å². The molecule has 294 valence electrons. The Kier molecular flexibility index (Phi) is 8.58. The quantitative estimate of drug-likeness (QED) is 0.176. The highest BCUT2D eigenvalue weighted by atomic mass is 15.3. The summed E-state index contributed by atoms with van der Waals surface area (Å²) >= 11 is 0. The van der Waals surface area contributed by atoms with Crippen molar-refractivity contribution < 1.29 is 0 Å². The van der Waals surface area contributed by atoms with Gasteiger partial charge < -0.3 is 10.2 Å². The summed E-state index contributed by atoms with van der Waals surface area (Å²) in [6.45, 7) is 0. The number of nitrogens with one attached hydrogen (secondary N) is 2. The fraction of sp³-hybridized carbons (Fsp3) is 0.0517. The predicted molar refractivity (Wildman–Crippen MR) is 254 cm³/mol. The molecular formula is C58H42N4. The maximum atomic E-state index is 5.21. The van der Waals surface area contributed by atoms with Gasteiger partial charge in [0.1, 0.15) is 18.2 Å². The van der Waals surface area contributed by atoms with Crippen LogP contribution in [0.25, 0.3) is 33.4 Å². The first-order valence-corrected chi connectivity index (χ1v) is 21.4. The highest BCUT2D eigenvalue weighted by Crippen LogP contribution is 2.63. The normalized spacial score (nSPS) is 16.6. The van der Waals surface area contributed by atoms with E-state index >= 15 is 0 Å². The van der Waals surface area contributed by atoms with Crippen LogP contribution in [0, 0.1) is 0 Å². The number of nitrogens with zero attached hydrogens (tertiary/aromatic N) is 2. The first-order chi connectivity index (χ1) is 30.7. The van der Waals surface area contributed by atoms with Gasteiger partial charge in [0.2, 0.25) is 0 Å². The highest BCUT2D eigenvalue weighted by molar-refractivity contribution is 6.00. The minimum Gasteiger partial charge on any atom is -0.350 e. The molecule has 0 fully saturated rings. The predicted octanol–water partition coefficient (Wildman–Crippen LogP) is 13.5. The van der Waals surface area contributed by atoms with Gasteiger partial charge in [-0.05, 0) is 103 Å². The molecule has 1 spiro atoms.